The molecule has 1 heterocycles. The molecule has 9 heteroatoms. The molecule has 4 aromatic rings. The average molecular weight is 484 g/mol. The van der Waals surface area contributed by atoms with Gasteiger partial charge in [0.25, 0.3) is 16.8 Å². The first-order chi connectivity index (χ1) is 16.9. The molecule has 0 spiro atoms. The Morgan fingerprint density at radius 1 is 0.943 bits per heavy atom. The largest absolute Gasteiger partial charge is 0.325 e. The first-order valence-corrected chi connectivity index (χ1v) is 11.4. The molecule has 3 amide bonds. The Bertz CT molecular complexity index is 1510. The van der Waals surface area contributed by atoms with Gasteiger partial charge in [0.15, 0.2) is 0 Å². The Kier molecular flexibility index (Phi) is 5.76. The molecule has 8 nitrogen and oxygen atoms in total. The van der Waals surface area contributed by atoms with Crippen molar-refractivity contribution in [3.8, 4) is 0 Å². The van der Waals surface area contributed by atoms with Gasteiger partial charge in [0.05, 0.1) is 9.83 Å². The van der Waals surface area contributed by atoms with Crippen LogP contribution in [0.2, 0.25) is 0 Å². The Hall–Kier alpha value is -4.50. The van der Waals surface area contributed by atoms with E-state index < -0.39 is 28.5 Å². The van der Waals surface area contributed by atoms with E-state index in [1.165, 1.54) is 24.3 Å². The Balaban J connectivity index is 1.41. The summed E-state index contributed by atoms with van der Waals surface area (Å²) in [5, 5.41) is 16.7. The minimum atomic E-state index is -0.585. The number of nitrogens with zero attached hydrogens (tertiary/aromatic N) is 2. The van der Waals surface area contributed by atoms with Gasteiger partial charge in [0.1, 0.15) is 6.54 Å². The monoisotopic (exact) mass is 483 g/mol. The summed E-state index contributed by atoms with van der Waals surface area (Å²) < 4.78 is 0. The molecule has 0 aromatic heterocycles. The van der Waals surface area contributed by atoms with Crippen LogP contribution in [0.15, 0.2) is 83.8 Å². The van der Waals surface area contributed by atoms with Crippen molar-refractivity contribution in [2.75, 3.05) is 11.9 Å². The van der Waals surface area contributed by atoms with E-state index in [2.05, 4.69) is 11.4 Å². The van der Waals surface area contributed by atoms with Gasteiger partial charge in [0, 0.05) is 17.8 Å². The van der Waals surface area contributed by atoms with Gasteiger partial charge in [-0.2, -0.15) is 0 Å². The molecule has 1 saturated heterocycles. The van der Waals surface area contributed by atoms with Crippen LogP contribution in [0.1, 0.15) is 5.56 Å². The van der Waals surface area contributed by atoms with E-state index in [1.807, 2.05) is 48.5 Å². The lowest BCUT2D eigenvalue weighted by Gasteiger charge is -2.12. The molecule has 1 N–H and O–H groups in total. The number of nitro benzene ring substituents is 1. The summed E-state index contributed by atoms with van der Waals surface area (Å²) in [5.74, 6) is -1.13. The molecule has 1 fully saturated rings. The lowest BCUT2D eigenvalue weighted by atomic mass is 9.96. The highest BCUT2D eigenvalue weighted by Gasteiger charge is 2.36. The maximum Gasteiger partial charge on any atom is 0.294 e. The molecule has 5 rings (SSSR count). The van der Waals surface area contributed by atoms with Crippen LogP contribution in [-0.4, -0.2) is 33.4 Å². The molecular weight excluding hydrogens is 466 g/mol. The van der Waals surface area contributed by atoms with E-state index in [9.17, 15) is 24.5 Å². The second kappa shape index (κ2) is 9.03. The summed E-state index contributed by atoms with van der Waals surface area (Å²) in [6.45, 7) is -0.463. The molecule has 0 unspecified atom stereocenters. The molecule has 0 atom stereocenters. The Labute approximate surface area is 203 Å². The fourth-order valence-electron chi connectivity index (χ4n) is 3.98. The van der Waals surface area contributed by atoms with Gasteiger partial charge < -0.3 is 5.32 Å². The SMILES string of the molecule is O=C(CN1C(=O)S/C(=C\c2c3ccccc3cc3ccccc23)C1=O)Nc1ccc([N+](=O)[O-])cc1. The highest BCUT2D eigenvalue weighted by molar-refractivity contribution is 8.18. The van der Waals surface area contributed by atoms with Gasteiger partial charge in [-0.15, -0.1) is 0 Å². The number of fused-ring (bicyclic) bond motifs is 2. The maximum absolute atomic E-state index is 13.1. The summed E-state index contributed by atoms with van der Waals surface area (Å²) in [6.07, 6.45) is 1.71. The predicted molar refractivity (Wildman–Crippen MR) is 136 cm³/mol. The van der Waals surface area contributed by atoms with E-state index in [1.54, 1.807) is 6.08 Å². The summed E-state index contributed by atoms with van der Waals surface area (Å²) in [7, 11) is 0. The van der Waals surface area contributed by atoms with E-state index in [0.29, 0.717) is 5.69 Å². The molecule has 172 valence electrons. The highest BCUT2D eigenvalue weighted by Crippen LogP contribution is 2.36. The minimum absolute atomic E-state index is 0.111. The zero-order valence-corrected chi connectivity index (χ0v) is 19.0. The second-order valence-corrected chi connectivity index (χ2v) is 8.85. The van der Waals surface area contributed by atoms with Gasteiger partial charge in [-0.25, -0.2) is 0 Å². The summed E-state index contributed by atoms with van der Waals surface area (Å²) >= 11 is 0.791. The lowest BCUT2D eigenvalue weighted by Crippen LogP contribution is -2.36. The predicted octanol–water partition coefficient (Wildman–Crippen LogP) is 5.58. The molecule has 0 bridgehead atoms. The van der Waals surface area contributed by atoms with Crippen molar-refractivity contribution < 1.29 is 19.3 Å². The number of amides is 3. The van der Waals surface area contributed by atoms with Crippen LogP contribution < -0.4 is 5.32 Å². The standard InChI is InChI=1S/C26H17N3O5S/c30-24(27-18-9-11-19(12-10-18)29(33)34)15-28-25(31)23(35-26(28)32)14-22-20-7-3-1-5-16(20)13-17-6-2-4-8-21(17)22/h1-14H,15H2,(H,27,30)/b23-14-. The first-order valence-electron chi connectivity index (χ1n) is 10.6. The van der Waals surface area contributed by atoms with Crippen molar-refractivity contribution in [3.63, 3.8) is 0 Å². The van der Waals surface area contributed by atoms with Gasteiger partial charge >= 0.3 is 0 Å². The van der Waals surface area contributed by atoms with Crippen molar-refractivity contribution in [2.24, 2.45) is 0 Å². The van der Waals surface area contributed by atoms with Crippen molar-refractivity contribution in [3.05, 3.63) is 99.4 Å². The summed E-state index contributed by atoms with van der Waals surface area (Å²) in [4.78, 5) is 49.5. The number of benzene rings is 4. The van der Waals surface area contributed by atoms with Crippen LogP contribution in [0.25, 0.3) is 27.6 Å². The molecule has 35 heavy (non-hydrogen) atoms. The summed E-state index contributed by atoms with van der Waals surface area (Å²) in [5.41, 5.74) is 1.05. The molecule has 0 aliphatic carbocycles. The van der Waals surface area contributed by atoms with Crippen molar-refractivity contribution in [1.82, 2.24) is 4.90 Å². The zero-order chi connectivity index (χ0) is 24.5. The number of nitrogens with one attached hydrogen (secondary N) is 1. The lowest BCUT2D eigenvalue weighted by molar-refractivity contribution is -0.384. The maximum atomic E-state index is 13.1. The van der Waals surface area contributed by atoms with Crippen LogP contribution >= 0.6 is 11.8 Å². The highest BCUT2D eigenvalue weighted by atomic mass is 32.2. The van der Waals surface area contributed by atoms with E-state index in [4.69, 9.17) is 0 Å². The van der Waals surface area contributed by atoms with Crippen molar-refractivity contribution in [1.29, 1.82) is 0 Å². The van der Waals surface area contributed by atoms with Gasteiger partial charge in [-0.05, 0) is 63.1 Å². The molecule has 1 aliphatic rings. The number of anilines is 1. The second-order valence-electron chi connectivity index (χ2n) is 7.85. The molecule has 4 aromatic carbocycles. The normalized spacial score (nSPS) is 14.7. The topological polar surface area (TPSA) is 110 Å². The smallest absolute Gasteiger partial charge is 0.294 e. The molecule has 0 radical (unpaired) electrons. The zero-order valence-electron chi connectivity index (χ0n) is 18.1. The Morgan fingerprint density at radius 3 is 2.14 bits per heavy atom. The van der Waals surface area contributed by atoms with E-state index in [-0.39, 0.29) is 10.6 Å². The molecular formula is C26H17N3O5S. The number of carbonyl (C=O) groups excluding carboxylic acids is 3. The molecule has 0 saturated carbocycles. The summed E-state index contributed by atoms with van der Waals surface area (Å²) in [6, 6.07) is 23.0. The van der Waals surface area contributed by atoms with Crippen LogP contribution in [-0.2, 0) is 9.59 Å². The molecule has 1 aliphatic heterocycles. The number of hydrogen-bond acceptors (Lipinski definition) is 6. The van der Waals surface area contributed by atoms with Crippen molar-refractivity contribution in [2.45, 2.75) is 0 Å². The van der Waals surface area contributed by atoms with Gasteiger partial charge in [-0.3, -0.25) is 29.4 Å². The number of hydrogen-bond donors (Lipinski definition) is 1. The van der Waals surface area contributed by atoms with E-state index >= 15 is 0 Å². The van der Waals surface area contributed by atoms with Crippen LogP contribution in [0.3, 0.4) is 0 Å². The fourth-order valence-corrected chi connectivity index (χ4v) is 4.80. The van der Waals surface area contributed by atoms with Crippen LogP contribution in [0, 0.1) is 10.1 Å². The fraction of sp³-hybridized carbons (Fsp3) is 0.0385. The quantitative estimate of drug-likeness (QED) is 0.172. The third kappa shape index (κ3) is 4.36. The van der Waals surface area contributed by atoms with Crippen LogP contribution in [0.4, 0.5) is 16.2 Å². The number of nitro groups is 1. The number of imide groups is 1. The number of non-ortho nitro benzene ring substituents is 1. The average Bonchev–Trinajstić information content (AvgIpc) is 3.11. The van der Waals surface area contributed by atoms with Crippen LogP contribution in [0.5, 0.6) is 0 Å². The van der Waals surface area contributed by atoms with Gasteiger partial charge in [-0.1, -0.05) is 48.5 Å². The van der Waals surface area contributed by atoms with E-state index in [0.717, 1.165) is 43.8 Å². The third-order valence-corrected chi connectivity index (χ3v) is 6.53. The van der Waals surface area contributed by atoms with Crippen molar-refractivity contribution >= 4 is 67.8 Å². The third-order valence-electron chi connectivity index (χ3n) is 5.63. The van der Waals surface area contributed by atoms with Gasteiger partial charge in [0.2, 0.25) is 5.91 Å². The number of carbonyl (C=O) groups is 3. The minimum Gasteiger partial charge on any atom is -0.325 e. The number of rotatable bonds is 5. The Morgan fingerprint density at radius 2 is 1.54 bits per heavy atom. The first kappa shape index (κ1) is 22.3. The number of thioether (sulfide) groups is 1.